The third-order valence-corrected chi connectivity index (χ3v) is 5.34. The highest BCUT2D eigenvalue weighted by Crippen LogP contribution is 2.28. The van der Waals surface area contributed by atoms with Crippen LogP contribution in [0.3, 0.4) is 0 Å². The zero-order valence-corrected chi connectivity index (χ0v) is 17.6. The molecule has 3 aromatic heterocycles. The van der Waals surface area contributed by atoms with Gasteiger partial charge in [0, 0.05) is 41.3 Å². The van der Waals surface area contributed by atoms with Crippen molar-refractivity contribution in [2.45, 2.75) is 0 Å². The minimum absolute atomic E-state index is 0.275. The fraction of sp³-hybridized carbons (Fsp3) is 0.0870. The quantitative estimate of drug-likeness (QED) is 0.311. The Morgan fingerprint density at radius 2 is 1.91 bits per heavy atom. The number of carbonyl (C=O) groups is 1. The number of para-hydroxylation sites is 1. The molecule has 5 rings (SSSR count). The maximum atomic E-state index is 12.4. The van der Waals surface area contributed by atoms with Gasteiger partial charge in [0.05, 0.1) is 5.69 Å². The average molecular weight is 442 g/mol. The van der Waals surface area contributed by atoms with E-state index in [2.05, 4.69) is 20.7 Å². The average Bonchev–Trinajstić information content (AvgIpc) is 3.41. The summed E-state index contributed by atoms with van der Waals surface area (Å²) in [5.41, 5.74) is 3.12. The Morgan fingerprint density at radius 3 is 2.75 bits per heavy atom. The number of fused-ring (bicyclic) bond motifs is 2. The number of nitrogens with zero attached hydrogens (tertiary/aromatic N) is 3. The first kappa shape index (κ1) is 20.1. The van der Waals surface area contributed by atoms with Crippen molar-refractivity contribution in [3.05, 3.63) is 77.6 Å². The molecule has 0 aliphatic carbocycles. The minimum Gasteiger partial charge on any atom is -0.451 e. The first-order valence-corrected chi connectivity index (χ1v) is 10.4. The number of nitrogens with one attached hydrogen (secondary N) is 2. The lowest BCUT2D eigenvalue weighted by atomic mass is 10.0. The third-order valence-electron chi connectivity index (χ3n) is 5.01. The lowest BCUT2D eigenvalue weighted by Gasteiger charge is -2.12. The fourth-order valence-corrected chi connectivity index (χ4v) is 3.69. The lowest BCUT2D eigenvalue weighted by Crippen LogP contribution is -2.28. The highest BCUT2D eigenvalue weighted by Gasteiger charge is 2.14. The van der Waals surface area contributed by atoms with E-state index in [0.717, 1.165) is 10.9 Å². The molecular formula is C23H17BClN5O2. The van der Waals surface area contributed by atoms with Gasteiger partial charge in [-0.2, -0.15) is 9.61 Å². The second kappa shape index (κ2) is 8.40. The number of anilines is 1. The van der Waals surface area contributed by atoms with E-state index in [-0.39, 0.29) is 11.7 Å². The second-order valence-corrected chi connectivity index (χ2v) is 7.58. The molecule has 0 bridgehead atoms. The molecule has 0 spiro atoms. The number of carbonyl (C=O) groups excluding carboxylic acids is 1. The number of aromatic nitrogens is 3. The Hall–Kier alpha value is -3.78. The van der Waals surface area contributed by atoms with Crippen LogP contribution in [0.1, 0.15) is 10.6 Å². The highest BCUT2D eigenvalue weighted by atomic mass is 35.5. The van der Waals surface area contributed by atoms with Crippen LogP contribution in [0.25, 0.3) is 27.9 Å². The van der Waals surface area contributed by atoms with Crippen molar-refractivity contribution in [3.63, 3.8) is 0 Å². The molecule has 0 atom stereocenters. The maximum Gasteiger partial charge on any atom is 0.287 e. The molecule has 0 aliphatic rings. The van der Waals surface area contributed by atoms with E-state index in [1.165, 1.54) is 0 Å². The Kier molecular flexibility index (Phi) is 5.29. The van der Waals surface area contributed by atoms with E-state index in [1.54, 1.807) is 16.8 Å². The molecule has 2 radical (unpaired) electrons. The van der Waals surface area contributed by atoms with E-state index >= 15 is 0 Å². The molecule has 5 aromatic rings. The minimum atomic E-state index is -0.275. The van der Waals surface area contributed by atoms with Gasteiger partial charge in [0.2, 0.25) is 0 Å². The first-order chi connectivity index (χ1) is 15.6. The number of halogens is 1. The van der Waals surface area contributed by atoms with Gasteiger partial charge in [0.1, 0.15) is 19.2 Å². The predicted octanol–water partition coefficient (Wildman–Crippen LogP) is 3.43. The van der Waals surface area contributed by atoms with Crippen LogP contribution in [-0.2, 0) is 0 Å². The van der Waals surface area contributed by atoms with Gasteiger partial charge in [-0.25, -0.2) is 4.98 Å². The van der Waals surface area contributed by atoms with Crippen LogP contribution < -0.4 is 16.1 Å². The Balaban J connectivity index is 1.31. The van der Waals surface area contributed by atoms with Gasteiger partial charge in [-0.05, 0) is 23.7 Å². The zero-order chi connectivity index (χ0) is 22.1. The molecule has 0 saturated carbocycles. The molecule has 0 aliphatic heterocycles. The van der Waals surface area contributed by atoms with Crippen LogP contribution >= 0.6 is 11.6 Å². The molecule has 0 fully saturated rings. The normalized spacial score (nSPS) is 11.2. The lowest BCUT2D eigenvalue weighted by molar-refractivity contribution is 0.0929. The fourth-order valence-electron chi connectivity index (χ4n) is 3.46. The summed E-state index contributed by atoms with van der Waals surface area (Å²) in [4.78, 5) is 17.0. The van der Waals surface area contributed by atoms with Gasteiger partial charge >= 0.3 is 0 Å². The summed E-state index contributed by atoms with van der Waals surface area (Å²) in [5.74, 6) is 0.681. The van der Waals surface area contributed by atoms with Gasteiger partial charge in [-0.15, -0.1) is 0 Å². The molecular weight excluding hydrogens is 425 g/mol. The van der Waals surface area contributed by atoms with Crippen LogP contribution in [0.4, 0.5) is 5.82 Å². The standard InChI is InChI=1S/C23H17BClN5O2/c24-16-13-28-30-21(12-18(29-22(16)30)15-6-2-3-7-17(15)25)26-9-10-27-23(31)20-11-14-5-1-4-8-19(14)32-20/h1-8,11-13,26H,9-10H2,(H,27,31). The third kappa shape index (κ3) is 3.80. The molecule has 3 heterocycles. The summed E-state index contributed by atoms with van der Waals surface area (Å²) in [6.45, 7) is 0.824. The van der Waals surface area contributed by atoms with E-state index in [9.17, 15) is 4.79 Å². The number of hydrogen-bond donors (Lipinski definition) is 2. The van der Waals surface area contributed by atoms with Crippen molar-refractivity contribution < 1.29 is 9.21 Å². The van der Waals surface area contributed by atoms with E-state index in [1.807, 2.05) is 54.6 Å². The van der Waals surface area contributed by atoms with Crippen LogP contribution in [0.15, 0.2) is 71.3 Å². The maximum absolute atomic E-state index is 12.4. The number of benzene rings is 2. The summed E-state index contributed by atoms with van der Waals surface area (Å²) >= 11 is 6.35. The Morgan fingerprint density at radius 1 is 1.09 bits per heavy atom. The molecule has 2 N–H and O–H groups in total. The molecule has 7 nitrogen and oxygen atoms in total. The van der Waals surface area contributed by atoms with Gasteiger partial charge in [-0.1, -0.05) is 48.0 Å². The molecule has 9 heteroatoms. The van der Waals surface area contributed by atoms with Crippen LogP contribution in [0.2, 0.25) is 5.02 Å². The van der Waals surface area contributed by atoms with Crippen molar-refractivity contribution in [1.29, 1.82) is 0 Å². The van der Waals surface area contributed by atoms with Gasteiger partial charge in [0.15, 0.2) is 11.4 Å². The van der Waals surface area contributed by atoms with Crippen LogP contribution in [-0.4, -0.2) is 41.4 Å². The zero-order valence-electron chi connectivity index (χ0n) is 16.9. The van der Waals surface area contributed by atoms with Gasteiger partial charge in [-0.3, -0.25) is 4.79 Å². The van der Waals surface area contributed by atoms with E-state index in [0.29, 0.717) is 46.3 Å². The highest BCUT2D eigenvalue weighted by molar-refractivity contribution is 6.36. The first-order valence-electron chi connectivity index (χ1n) is 10.00. The van der Waals surface area contributed by atoms with E-state index < -0.39 is 0 Å². The number of rotatable bonds is 6. The van der Waals surface area contributed by atoms with E-state index in [4.69, 9.17) is 23.9 Å². The topological polar surface area (TPSA) is 84.5 Å². The molecule has 32 heavy (non-hydrogen) atoms. The second-order valence-electron chi connectivity index (χ2n) is 7.17. The van der Waals surface area contributed by atoms with Crippen molar-refractivity contribution in [2.75, 3.05) is 18.4 Å². The Bertz CT molecular complexity index is 1410. The smallest absolute Gasteiger partial charge is 0.287 e. The summed E-state index contributed by atoms with van der Waals surface area (Å²) in [6.07, 6.45) is 1.55. The SMILES string of the molecule is [B]c1cnn2c(NCCNC(=O)c3cc4ccccc4o3)cc(-c3ccccc3Cl)nc12. The largest absolute Gasteiger partial charge is 0.451 e. The summed E-state index contributed by atoms with van der Waals surface area (Å²) < 4.78 is 7.22. The molecule has 2 aromatic carbocycles. The number of furan rings is 1. The summed E-state index contributed by atoms with van der Waals surface area (Å²) in [7, 11) is 6.05. The van der Waals surface area contributed by atoms with Crippen molar-refractivity contribution in [2.24, 2.45) is 0 Å². The van der Waals surface area contributed by atoms with Crippen molar-refractivity contribution >= 4 is 53.3 Å². The van der Waals surface area contributed by atoms with Gasteiger partial charge < -0.3 is 15.1 Å². The summed E-state index contributed by atoms with van der Waals surface area (Å²) in [5, 5.41) is 11.9. The molecule has 0 unspecified atom stereocenters. The number of amides is 1. The molecule has 156 valence electrons. The predicted molar refractivity (Wildman–Crippen MR) is 126 cm³/mol. The van der Waals surface area contributed by atoms with Crippen LogP contribution in [0, 0.1) is 0 Å². The van der Waals surface area contributed by atoms with Crippen molar-refractivity contribution in [1.82, 2.24) is 19.9 Å². The van der Waals surface area contributed by atoms with Crippen molar-refractivity contribution in [3.8, 4) is 11.3 Å². The Labute approximate surface area is 189 Å². The number of hydrogen-bond acceptors (Lipinski definition) is 5. The molecule has 1 amide bonds. The monoisotopic (exact) mass is 441 g/mol. The van der Waals surface area contributed by atoms with Crippen LogP contribution in [0.5, 0.6) is 0 Å². The molecule has 0 saturated heterocycles. The van der Waals surface area contributed by atoms with Gasteiger partial charge in [0.25, 0.3) is 5.91 Å². The summed E-state index contributed by atoms with van der Waals surface area (Å²) in [6, 6.07) is 18.5.